The van der Waals surface area contributed by atoms with Gasteiger partial charge >= 0.3 is 6.18 Å². The second-order valence-corrected chi connectivity index (χ2v) is 5.19. The van der Waals surface area contributed by atoms with Gasteiger partial charge in [0.05, 0.1) is 0 Å². The Morgan fingerprint density at radius 2 is 1.22 bits per heavy atom. The summed E-state index contributed by atoms with van der Waals surface area (Å²) in [6.45, 7) is 2.15. The number of hydrogen-bond donors (Lipinski definition) is 0. The zero-order chi connectivity index (χ0) is 17.4. The highest BCUT2D eigenvalue weighted by Crippen LogP contribution is 2.19. The van der Waals surface area contributed by atoms with Crippen molar-refractivity contribution < 1.29 is 18.0 Å². The summed E-state index contributed by atoms with van der Waals surface area (Å²) in [6, 6.07) is 0. The van der Waals surface area contributed by atoms with E-state index in [1.54, 1.807) is 0 Å². The van der Waals surface area contributed by atoms with Crippen molar-refractivity contribution in [1.82, 2.24) is 0 Å². The Hall–Kier alpha value is -1.58. The molecule has 0 aliphatic carbocycles. The van der Waals surface area contributed by atoms with E-state index in [0.717, 1.165) is 25.7 Å². The highest BCUT2D eigenvalue weighted by atomic mass is 19.4. The van der Waals surface area contributed by atoms with Crippen LogP contribution in [0.15, 0.2) is 48.6 Å². The highest BCUT2D eigenvalue weighted by Gasteiger charge is 2.36. The molecule has 0 atom stereocenters. The SMILES string of the molecule is CCC/C=C\C/C=C\C/C=C\C/C=C\CCCC(=O)C(F)(F)F. The van der Waals surface area contributed by atoms with Crippen LogP contribution in [0.1, 0.15) is 58.3 Å². The highest BCUT2D eigenvalue weighted by molar-refractivity contribution is 5.83. The van der Waals surface area contributed by atoms with Crippen LogP contribution in [0, 0.1) is 0 Å². The molecule has 0 aromatic rings. The van der Waals surface area contributed by atoms with Gasteiger partial charge in [-0.25, -0.2) is 0 Å². The number of Topliss-reactive ketones (excluding diaryl/α,β-unsaturated/α-hetero) is 1. The average Bonchev–Trinajstić information content (AvgIpc) is 2.50. The van der Waals surface area contributed by atoms with Crippen molar-refractivity contribution in [1.29, 1.82) is 0 Å². The molecular formula is C19H27F3O. The Morgan fingerprint density at radius 1 is 0.783 bits per heavy atom. The van der Waals surface area contributed by atoms with Gasteiger partial charge in [-0.05, 0) is 38.5 Å². The molecular weight excluding hydrogens is 301 g/mol. The largest absolute Gasteiger partial charge is 0.449 e. The number of rotatable bonds is 12. The number of carbonyl (C=O) groups excluding carboxylic acids is 1. The molecule has 0 saturated carbocycles. The molecule has 0 heterocycles. The monoisotopic (exact) mass is 328 g/mol. The molecule has 0 radical (unpaired) electrons. The van der Waals surface area contributed by atoms with Crippen LogP contribution in [0.4, 0.5) is 13.2 Å². The van der Waals surface area contributed by atoms with Gasteiger partial charge in [-0.3, -0.25) is 4.79 Å². The Bertz CT molecular complexity index is 415. The number of halogens is 3. The first-order valence-electron chi connectivity index (χ1n) is 8.18. The molecule has 0 aliphatic rings. The van der Waals surface area contributed by atoms with Gasteiger partial charge in [0.2, 0.25) is 5.78 Å². The van der Waals surface area contributed by atoms with E-state index >= 15 is 0 Å². The van der Waals surface area contributed by atoms with Crippen LogP contribution < -0.4 is 0 Å². The topological polar surface area (TPSA) is 17.1 Å². The van der Waals surface area contributed by atoms with Gasteiger partial charge in [0, 0.05) is 6.42 Å². The third-order valence-electron chi connectivity index (χ3n) is 3.03. The van der Waals surface area contributed by atoms with Crippen LogP contribution >= 0.6 is 0 Å². The summed E-state index contributed by atoms with van der Waals surface area (Å²) >= 11 is 0. The maximum atomic E-state index is 11.9. The van der Waals surface area contributed by atoms with Crippen molar-refractivity contribution in [3.05, 3.63) is 48.6 Å². The quantitative estimate of drug-likeness (QED) is 0.296. The molecule has 0 N–H and O–H groups in total. The van der Waals surface area contributed by atoms with Crippen molar-refractivity contribution in [2.24, 2.45) is 0 Å². The molecule has 130 valence electrons. The molecule has 23 heavy (non-hydrogen) atoms. The molecule has 4 heteroatoms. The van der Waals surface area contributed by atoms with E-state index in [2.05, 4.69) is 37.3 Å². The molecule has 0 aliphatic heterocycles. The van der Waals surface area contributed by atoms with Crippen molar-refractivity contribution >= 4 is 5.78 Å². The lowest BCUT2D eigenvalue weighted by molar-refractivity contribution is -0.171. The van der Waals surface area contributed by atoms with Gasteiger partial charge in [-0.1, -0.05) is 62.0 Å². The van der Waals surface area contributed by atoms with E-state index in [4.69, 9.17) is 0 Å². The Morgan fingerprint density at radius 3 is 1.65 bits per heavy atom. The third kappa shape index (κ3) is 15.1. The number of hydrogen-bond acceptors (Lipinski definition) is 1. The van der Waals surface area contributed by atoms with Crippen molar-refractivity contribution in [3.8, 4) is 0 Å². The lowest BCUT2D eigenvalue weighted by Crippen LogP contribution is -2.22. The maximum Gasteiger partial charge on any atom is 0.449 e. The fourth-order valence-electron chi connectivity index (χ4n) is 1.74. The van der Waals surface area contributed by atoms with Gasteiger partial charge in [0.25, 0.3) is 0 Å². The van der Waals surface area contributed by atoms with Crippen LogP contribution in [-0.2, 0) is 4.79 Å². The van der Waals surface area contributed by atoms with Crippen LogP contribution in [-0.4, -0.2) is 12.0 Å². The second-order valence-electron chi connectivity index (χ2n) is 5.19. The van der Waals surface area contributed by atoms with Crippen LogP contribution in [0.5, 0.6) is 0 Å². The van der Waals surface area contributed by atoms with Crippen molar-refractivity contribution in [3.63, 3.8) is 0 Å². The first-order valence-corrected chi connectivity index (χ1v) is 8.18. The first-order chi connectivity index (χ1) is 11.0. The van der Waals surface area contributed by atoms with E-state index in [1.807, 2.05) is 18.2 Å². The maximum absolute atomic E-state index is 11.9. The third-order valence-corrected chi connectivity index (χ3v) is 3.03. The lowest BCUT2D eigenvalue weighted by Gasteiger charge is -2.02. The van der Waals surface area contributed by atoms with Crippen LogP contribution in [0.3, 0.4) is 0 Å². The molecule has 0 aromatic heterocycles. The van der Waals surface area contributed by atoms with Gasteiger partial charge in [-0.15, -0.1) is 0 Å². The molecule has 0 saturated heterocycles. The normalized spacial score (nSPS) is 13.2. The van der Waals surface area contributed by atoms with Crippen LogP contribution in [0.2, 0.25) is 0 Å². The van der Waals surface area contributed by atoms with Gasteiger partial charge in [0.1, 0.15) is 0 Å². The van der Waals surface area contributed by atoms with Crippen molar-refractivity contribution in [2.45, 2.75) is 64.5 Å². The summed E-state index contributed by atoms with van der Waals surface area (Å²) < 4.78 is 35.8. The Kier molecular flexibility index (Phi) is 13.1. The molecule has 1 nitrogen and oxygen atoms in total. The summed E-state index contributed by atoms with van der Waals surface area (Å²) in [6.07, 6.45) is 16.9. The Balaban J connectivity index is 3.56. The first kappa shape index (κ1) is 21.4. The predicted octanol–water partition coefficient (Wildman–Crippen LogP) is 6.48. The van der Waals surface area contributed by atoms with Crippen molar-refractivity contribution in [2.75, 3.05) is 0 Å². The smallest absolute Gasteiger partial charge is 0.290 e. The van der Waals surface area contributed by atoms with Crippen LogP contribution in [0.25, 0.3) is 0 Å². The number of alkyl halides is 3. The zero-order valence-corrected chi connectivity index (χ0v) is 13.8. The van der Waals surface area contributed by atoms with Gasteiger partial charge in [0.15, 0.2) is 0 Å². The molecule has 0 spiro atoms. The molecule has 0 unspecified atom stereocenters. The summed E-state index contributed by atoms with van der Waals surface area (Å²) in [4.78, 5) is 10.6. The minimum absolute atomic E-state index is 0.243. The molecule has 0 amide bonds. The summed E-state index contributed by atoms with van der Waals surface area (Å²) in [5.41, 5.74) is 0. The van der Waals surface area contributed by atoms with E-state index in [0.29, 0.717) is 6.42 Å². The number of allylic oxidation sites excluding steroid dienone is 8. The zero-order valence-electron chi connectivity index (χ0n) is 13.8. The lowest BCUT2D eigenvalue weighted by atomic mass is 10.1. The van der Waals surface area contributed by atoms with E-state index in [9.17, 15) is 18.0 Å². The predicted molar refractivity (Wildman–Crippen MR) is 90.2 cm³/mol. The number of ketones is 1. The molecule has 0 rings (SSSR count). The number of carbonyl (C=O) groups is 1. The summed E-state index contributed by atoms with van der Waals surface area (Å²) in [5, 5.41) is 0. The van der Waals surface area contributed by atoms with Gasteiger partial charge in [-0.2, -0.15) is 13.2 Å². The van der Waals surface area contributed by atoms with E-state index < -0.39 is 18.4 Å². The minimum Gasteiger partial charge on any atom is -0.290 e. The summed E-state index contributed by atoms with van der Waals surface area (Å²) in [7, 11) is 0. The van der Waals surface area contributed by atoms with E-state index in [-0.39, 0.29) is 6.42 Å². The van der Waals surface area contributed by atoms with Gasteiger partial charge < -0.3 is 0 Å². The molecule has 0 fully saturated rings. The van der Waals surface area contributed by atoms with E-state index in [1.165, 1.54) is 6.42 Å². The fraction of sp³-hybridized carbons (Fsp3) is 0.526. The Labute approximate surface area is 137 Å². The summed E-state index contributed by atoms with van der Waals surface area (Å²) in [5.74, 6) is -1.64. The number of unbranched alkanes of at least 4 members (excludes halogenated alkanes) is 2. The standard InChI is InChI=1S/C19H27F3O/c1-2-3-4-5-6-7-8-9-10-11-12-13-14-15-16-17-18(23)19(20,21)22/h4-5,7-8,10-11,13-14H,2-3,6,9,12,15-17H2,1H3/b5-4-,8-7-,11-10-,14-13-. The molecule has 0 aromatic carbocycles. The fourth-order valence-corrected chi connectivity index (χ4v) is 1.74. The second kappa shape index (κ2) is 14.0. The minimum atomic E-state index is -4.69. The average molecular weight is 328 g/mol. The molecule has 0 bridgehead atoms.